The molecule has 0 unspecified atom stereocenters. The molecule has 0 aliphatic rings. The lowest BCUT2D eigenvalue weighted by molar-refractivity contribution is -0.658. The molecule has 0 amide bonds. The summed E-state index contributed by atoms with van der Waals surface area (Å²) in [7, 11) is 0. The Bertz CT molecular complexity index is 1040. The fraction of sp³-hybridized carbons (Fsp3) is 0. The number of rotatable bonds is 3. The third-order valence-corrected chi connectivity index (χ3v) is 3.74. The Balaban J connectivity index is 0.000000660. The number of aromatic nitrogens is 3. The van der Waals surface area contributed by atoms with Gasteiger partial charge in [0.2, 0.25) is 0 Å². The van der Waals surface area contributed by atoms with Crippen molar-refractivity contribution < 1.29 is 15.3 Å². The zero-order valence-electron chi connectivity index (χ0n) is 15.1. The highest BCUT2D eigenvalue weighted by Gasteiger charge is 2.12. The van der Waals surface area contributed by atoms with Gasteiger partial charge in [0.15, 0.2) is 5.69 Å². The molecule has 7 heteroatoms. The number of hydrogen-bond acceptors (Lipinski definition) is 3. The van der Waals surface area contributed by atoms with Crippen LogP contribution in [0.15, 0.2) is 102 Å². The highest BCUT2D eigenvalue weighted by atomic mass is 16.4. The summed E-state index contributed by atoms with van der Waals surface area (Å²) < 4.78 is 4.01. The van der Waals surface area contributed by atoms with Crippen LogP contribution in [0.2, 0.25) is 0 Å². The van der Waals surface area contributed by atoms with Gasteiger partial charge >= 0.3 is 5.62 Å². The van der Waals surface area contributed by atoms with E-state index in [-0.39, 0.29) is 5.48 Å². The van der Waals surface area contributed by atoms with Gasteiger partial charge in [0.25, 0.3) is 6.33 Å². The summed E-state index contributed by atoms with van der Waals surface area (Å²) in [6.45, 7) is 2.68. The van der Waals surface area contributed by atoms with Crippen molar-refractivity contribution in [3.8, 4) is 11.4 Å². The van der Waals surface area contributed by atoms with Crippen molar-refractivity contribution in [1.29, 1.82) is 0 Å². The number of para-hydroxylation sites is 3. The molecule has 0 atom stereocenters. The molecule has 28 heavy (non-hydrogen) atoms. The second-order valence-corrected chi connectivity index (χ2v) is 5.55. The Labute approximate surface area is 162 Å². The van der Waals surface area contributed by atoms with Crippen LogP contribution in [0.1, 0.15) is 0 Å². The molecule has 0 aliphatic carbocycles. The van der Waals surface area contributed by atoms with Gasteiger partial charge in [0, 0.05) is 0 Å². The molecule has 7 nitrogen and oxygen atoms in total. The fourth-order valence-electron chi connectivity index (χ4n) is 2.56. The number of hydrogen-bond donors (Lipinski definition) is 2. The molecule has 1 aromatic heterocycles. The van der Waals surface area contributed by atoms with Crippen LogP contribution < -0.4 is 15.5 Å². The molecule has 3 N–H and O–H groups in total. The SMILES string of the molecule is C=[NH+][O-].[OH-].c1ccc(N=c2[nH][n+](-c3ccccc3)cn2-c2ccccc2)cc1. The van der Waals surface area contributed by atoms with Crippen molar-refractivity contribution in [3.05, 3.63) is 108 Å². The highest BCUT2D eigenvalue weighted by Crippen LogP contribution is 2.09. The maximum Gasteiger partial charge on any atom is 0.336 e. The Morgan fingerprint density at radius 3 is 1.93 bits per heavy atom. The second kappa shape index (κ2) is 10.2. The van der Waals surface area contributed by atoms with Gasteiger partial charge in [0.05, 0.1) is 5.69 Å². The van der Waals surface area contributed by atoms with Gasteiger partial charge in [-0.2, -0.15) is 14.7 Å². The number of aromatic amines is 1. The summed E-state index contributed by atoms with van der Waals surface area (Å²) in [4.78, 5) is 4.75. The highest BCUT2D eigenvalue weighted by molar-refractivity contribution is 5.36. The average molecular weight is 375 g/mol. The van der Waals surface area contributed by atoms with E-state index in [1.807, 2.05) is 82.3 Å². The van der Waals surface area contributed by atoms with Crippen LogP contribution in [0.4, 0.5) is 5.69 Å². The first-order valence-corrected chi connectivity index (χ1v) is 8.40. The van der Waals surface area contributed by atoms with Gasteiger partial charge in [-0.05, 0) is 36.4 Å². The van der Waals surface area contributed by atoms with E-state index in [1.54, 1.807) is 0 Å². The number of nitrogens with one attached hydrogen (secondary N) is 2. The van der Waals surface area contributed by atoms with Gasteiger partial charge in [0.1, 0.15) is 12.4 Å². The Hall–Kier alpha value is -3.97. The Morgan fingerprint density at radius 1 is 0.857 bits per heavy atom. The third-order valence-electron chi connectivity index (χ3n) is 3.74. The molecule has 0 fully saturated rings. The molecule has 0 radical (unpaired) electrons. The van der Waals surface area contributed by atoms with E-state index in [2.05, 4.69) is 36.1 Å². The van der Waals surface area contributed by atoms with Crippen molar-refractivity contribution in [3.63, 3.8) is 0 Å². The third kappa shape index (κ3) is 5.03. The molecule has 4 aromatic rings. The summed E-state index contributed by atoms with van der Waals surface area (Å²) in [5, 5.41) is 13.2. The smallest absolute Gasteiger partial charge is 0.336 e. The molecule has 3 aromatic carbocycles. The molecule has 142 valence electrons. The van der Waals surface area contributed by atoms with Crippen molar-refractivity contribution in [2.45, 2.75) is 0 Å². The Kier molecular flexibility index (Phi) is 7.44. The van der Waals surface area contributed by atoms with Crippen molar-refractivity contribution >= 4 is 12.4 Å². The Morgan fingerprint density at radius 2 is 1.36 bits per heavy atom. The number of benzene rings is 3. The van der Waals surface area contributed by atoms with Gasteiger partial charge in [-0.3, -0.25) is 0 Å². The van der Waals surface area contributed by atoms with Crippen LogP contribution >= 0.6 is 0 Å². The predicted molar refractivity (Wildman–Crippen MR) is 107 cm³/mol. The molecule has 0 saturated heterocycles. The van der Waals surface area contributed by atoms with Gasteiger partial charge < -0.3 is 10.7 Å². The van der Waals surface area contributed by atoms with Crippen LogP contribution in [0, 0.1) is 5.21 Å². The minimum atomic E-state index is 0. The lowest BCUT2D eigenvalue weighted by atomic mass is 10.3. The molecule has 0 bridgehead atoms. The average Bonchev–Trinajstić information content (AvgIpc) is 3.14. The maximum absolute atomic E-state index is 8.57. The summed E-state index contributed by atoms with van der Waals surface area (Å²) in [5.41, 5.74) is 3.77. The lowest BCUT2D eigenvalue weighted by Gasteiger charge is -1.94. The van der Waals surface area contributed by atoms with E-state index < -0.39 is 0 Å². The summed E-state index contributed by atoms with van der Waals surface area (Å²) in [6, 6.07) is 30.3. The summed E-state index contributed by atoms with van der Waals surface area (Å²) >= 11 is 0. The minimum absolute atomic E-state index is 0. The molecular weight excluding hydrogens is 354 g/mol. The fourth-order valence-corrected chi connectivity index (χ4v) is 2.56. The van der Waals surface area contributed by atoms with E-state index >= 15 is 0 Å². The van der Waals surface area contributed by atoms with E-state index in [1.165, 1.54) is 5.16 Å². The first-order chi connectivity index (χ1) is 13.3. The molecule has 4 rings (SSSR count). The van der Waals surface area contributed by atoms with E-state index in [0.717, 1.165) is 22.7 Å². The van der Waals surface area contributed by atoms with E-state index in [9.17, 15) is 0 Å². The largest absolute Gasteiger partial charge is 0.870 e. The first-order valence-electron chi connectivity index (χ1n) is 8.40. The number of H-pyrrole nitrogens is 1. The number of nitrogens with zero attached hydrogens (tertiary/aromatic N) is 3. The first kappa shape index (κ1) is 20.3. The van der Waals surface area contributed by atoms with Gasteiger partial charge in [-0.25, -0.2) is 5.16 Å². The molecule has 0 spiro atoms. The van der Waals surface area contributed by atoms with Crippen molar-refractivity contribution in [1.82, 2.24) is 9.67 Å². The quantitative estimate of drug-likeness (QED) is 0.245. The second-order valence-electron chi connectivity index (χ2n) is 5.55. The van der Waals surface area contributed by atoms with Gasteiger partial charge in [-0.15, -0.1) is 4.68 Å². The standard InChI is InChI=1S/C20H17N4.CH3NO.H2O/c1-4-10-17(11-5-1)21-20-22-24(19-14-8-3-9-15-19)16-23(20)18-12-6-2-7-13-18;1-2-3;/h1-16H,(H,21,22);2H,1H2;1H2/q+1;;/p-1. The maximum atomic E-state index is 8.57. The lowest BCUT2D eigenvalue weighted by Crippen LogP contribution is -2.56. The zero-order chi connectivity index (χ0) is 18.9. The van der Waals surface area contributed by atoms with Gasteiger partial charge in [-0.1, -0.05) is 54.6 Å². The van der Waals surface area contributed by atoms with Crippen molar-refractivity contribution in [2.24, 2.45) is 4.99 Å². The monoisotopic (exact) mass is 375 g/mol. The van der Waals surface area contributed by atoms with Crippen molar-refractivity contribution in [2.75, 3.05) is 0 Å². The minimum Gasteiger partial charge on any atom is -0.870 e. The topological polar surface area (TPSA) is 104 Å². The van der Waals surface area contributed by atoms with E-state index in [4.69, 9.17) is 10.2 Å². The molecule has 1 heterocycles. The van der Waals surface area contributed by atoms with Crippen LogP contribution in [-0.4, -0.2) is 21.9 Å². The van der Waals surface area contributed by atoms with Crippen LogP contribution in [0.5, 0.6) is 0 Å². The molecule has 0 aliphatic heterocycles. The zero-order valence-corrected chi connectivity index (χ0v) is 15.1. The molecular formula is C21H21N5O2. The van der Waals surface area contributed by atoms with E-state index in [0.29, 0.717) is 0 Å². The molecule has 0 saturated carbocycles. The summed E-state index contributed by atoms with van der Waals surface area (Å²) in [6.07, 6.45) is 2.01. The van der Waals surface area contributed by atoms with Crippen LogP contribution in [0.25, 0.3) is 11.4 Å². The summed E-state index contributed by atoms with van der Waals surface area (Å²) in [5.74, 6) is 0. The van der Waals surface area contributed by atoms with Crippen LogP contribution in [-0.2, 0) is 0 Å². The predicted octanol–water partition coefficient (Wildman–Crippen LogP) is 1.40. The van der Waals surface area contributed by atoms with Crippen LogP contribution in [0.3, 0.4) is 0 Å². The normalized spacial score (nSPS) is 10.4.